The molecule has 15 amide bonds. The largest absolute Gasteiger partial charge is 0.492 e. The number of amides is 15. The van der Waals surface area contributed by atoms with Crippen LogP contribution in [0.2, 0.25) is 0 Å². The maximum atomic E-state index is 16.5. The number of H-pyrrole nitrogens is 1. The van der Waals surface area contributed by atoms with E-state index in [1.54, 1.807) is 86.8 Å². The zero-order valence-electron chi connectivity index (χ0n) is 77.0. The van der Waals surface area contributed by atoms with Crippen LogP contribution in [0.5, 0.6) is 5.75 Å². The van der Waals surface area contributed by atoms with Crippen LogP contribution in [0.1, 0.15) is 172 Å². The quantitative estimate of drug-likeness (QED) is 0.0193. The number of fused-ring (bicyclic) bond motifs is 2. The van der Waals surface area contributed by atoms with Gasteiger partial charge in [-0.3, -0.25) is 76.7 Å². The number of aliphatic hydroxyl groups excluding tert-OH is 1. The first-order valence-corrected chi connectivity index (χ1v) is 46.6. The summed E-state index contributed by atoms with van der Waals surface area (Å²) in [7, 11) is 1.86. The lowest BCUT2D eigenvalue weighted by atomic mass is 9.77. The number of aromatic amines is 1. The van der Waals surface area contributed by atoms with E-state index in [1.165, 1.54) is 27.7 Å². The van der Waals surface area contributed by atoms with Gasteiger partial charge in [-0.15, -0.1) is 0 Å². The molecule has 37 nitrogen and oxygen atoms in total. The number of rotatable bonds is 46. The predicted octanol–water partition coefficient (Wildman–Crippen LogP) is 2.50. The van der Waals surface area contributed by atoms with Crippen molar-refractivity contribution in [1.29, 1.82) is 0 Å². The minimum atomic E-state index is -1.93. The van der Waals surface area contributed by atoms with Crippen molar-refractivity contribution < 1.29 is 91.4 Å². The summed E-state index contributed by atoms with van der Waals surface area (Å²) in [4.78, 5) is 249. The molecule has 1 aromatic heterocycles. The maximum absolute atomic E-state index is 16.5. The van der Waals surface area contributed by atoms with Crippen molar-refractivity contribution in [3.8, 4) is 5.75 Å². The number of hydrogen-bond acceptors (Lipinski definition) is 23. The van der Waals surface area contributed by atoms with Gasteiger partial charge >= 0.3 is 6.03 Å². The lowest BCUT2D eigenvalue weighted by Crippen LogP contribution is -2.63. The molecule has 1 fully saturated rings. The Morgan fingerprint density at radius 1 is 0.564 bits per heavy atom. The third-order valence-corrected chi connectivity index (χ3v) is 27.4. The molecule has 5 aromatic carbocycles. The third-order valence-electron chi connectivity index (χ3n) is 23.2. The Morgan fingerprint density at radius 2 is 1.17 bits per heavy atom. The fourth-order valence-corrected chi connectivity index (χ4v) is 18.5. The Balaban J connectivity index is 1.36. The first-order chi connectivity index (χ1) is 62.8. The SMILES string of the molecule is CC(=O)NCCCC[C@H](NC(=O)[C@](C)(CCCCN)CC(=O)[C@H](Cc1ccc2ccccc2c1)NC(=O)[C@@H](CC(=O)[C@H]1NC(=O)[C@H](CCCNC(N)=O)NC(=O)[C@H](Cc2c[nH]c3c(C)cccc23)NC(=O)[C@H]([C@@H](C)O)NC(=O)[C@H](CC(N)=O)NC(=O)[C@@H](NC(C)=O)C(C)(C)SSC1(C)C)Cc1ccc(OCCN)cc1)C(=O)C[C@@H](CC(N)=O)C(=O)N[C@H](Cc1ccc(C)cc1)C(N)=O. The van der Waals surface area contributed by atoms with E-state index < -0.39 is 214 Å². The first-order valence-electron chi connectivity index (χ1n) is 44.5. The highest BCUT2D eigenvalue weighted by molar-refractivity contribution is 8.77. The topological polar surface area (TPSA) is 624 Å². The highest BCUT2D eigenvalue weighted by Crippen LogP contribution is 2.47. The number of ketones is 3. The number of Topliss-reactive ketones (excluding diaryl/α,β-unsaturated/α-hetero) is 3. The molecule has 1 aliphatic rings. The molecule has 6 aromatic rings. The van der Waals surface area contributed by atoms with Gasteiger partial charge in [0.05, 0.1) is 35.9 Å². The fraction of sp³-hybridized carbons (Fsp3) is 0.500. The van der Waals surface area contributed by atoms with Gasteiger partial charge in [-0.05, 0) is 164 Å². The van der Waals surface area contributed by atoms with E-state index in [2.05, 4.69) is 63.5 Å². The van der Waals surface area contributed by atoms with Crippen LogP contribution in [0.4, 0.5) is 4.79 Å². The smallest absolute Gasteiger partial charge is 0.312 e. The molecule has 1 saturated heterocycles. The summed E-state index contributed by atoms with van der Waals surface area (Å²) < 4.78 is 2.66. The van der Waals surface area contributed by atoms with Crippen LogP contribution in [0.25, 0.3) is 21.7 Å². The van der Waals surface area contributed by atoms with Crippen molar-refractivity contribution in [3.05, 3.63) is 149 Å². The lowest BCUT2D eigenvalue weighted by molar-refractivity contribution is -0.140. The second kappa shape index (κ2) is 51.1. The Morgan fingerprint density at radius 3 is 1.81 bits per heavy atom. The molecule has 0 aliphatic carbocycles. The maximum Gasteiger partial charge on any atom is 0.312 e. The molecule has 1 aliphatic heterocycles. The summed E-state index contributed by atoms with van der Waals surface area (Å²) in [6.07, 6.45) is -4.08. The minimum Gasteiger partial charge on any atom is -0.492 e. The molecule has 0 spiro atoms. The number of unbranched alkanes of at least 4 members (excludes halogenated alkanes) is 2. The average molecular weight is 1880 g/mol. The summed E-state index contributed by atoms with van der Waals surface area (Å²) in [5, 5.41) is 42.9. The first kappa shape index (κ1) is 108. The molecule has 7 rings (SSSR count). The number of para-hydroxylation sites is 1. The van der Waals surface area contributed by atoms with Crippen LogP contribution >= 0.6 is 21.6 Å². The Labute approximate surface area is 781 Å². The van der Waals surface area contributed by atoms with Crippen molar-refractivity contribution >= 4 is 143 Å². The standard InChI is InChI=1S/C94H130N18O19S2/c1-52-25-27-58(28-26-52)43-70(82(99)121)107-84(123)63(48-76(97)119)46-73(116)67(23-13-16-38-101-55(4)114)110-90(129)94(10,35-14-15-36-95)50-75(118)69(44-59-29-32-60-20-11-12-21-61(60)42-59)106-83(122)62(41-57-30-33-65(34-31-57)131-40-37-96)47-74(117)80-92(6,7)132-133-93(8,9)81(104-56(5)115)89(128)109-72(49-77(98)120)87(126)111-79(54(3)113)88(127)108-71(45-64-51-103-78-53(2)19-17-22-66(64)78)86(125)105-68(85(124)112-80)24-18-39-102-91(100)130/h11-12,17,19-22,25-34,42,51,54,62-63,67-72,79-81,103,113H,13-16,18,23-24,35-41,43-50,95-96H2,1-10H3,(H2,97,119)(H2,98,120)(H2,99,121)(H,101,114)(H,104,115)(H,105,125)(H,106,122)(H,107,123)(H,108,127)(H,109,128)(H,110,129)(H,111,126)(H,112,124)(H3,100,102,130)/t54-,62-,63+,67+,68+,69+,70-,71+,72+,79+,80-,81-,94-/m1/s1. The number of aromatic nitrogens is 1. The Kier molecular flexibility index (Phi) is 41.3. The van der Waals surface area contributed by atoms with Crippen LogP contribution < -0.4 is 97.6 Å². The van der Waals surface area contributed by atoms with E-state index in [4.69, 9.17) is 39.1 Å². The summed E-state index contributed by atoms with van der Waals surface area (Å²) in [5.74, 6) is -17.0. The number of carbonyl (C=O) groups is 17. The van der Waals surface area contributed by atoms with E-state index >= 15 is 33.6 Å². The zero-order valence-corrected chi connectivity index (χ0v) is 78.7. The number of primary amides is 4. The van der Waals surface area contributed by atoms with Gasteiger partial charge in [0.25, 0.3) is 0 Å². The second-order valence-corrected chi connectivity index (χ2v) is 38.9. The van der Waals surface area contributed by atoms with Crippen molar-refractivity contribution in [2.45, 2.75) is 248 Å². The van der Waals surface area contributed by atoms with E-state index in [0.29, 0.717) is 51.7 Å². The number of ether oxygens (including phenoxy) is 1. The zero-order chi connectivity index (χ0) is 98.2. The van der Waals surface area contributed by atoms with Crippen LogP contribution in [0, 0.1) is 31.1 Å². The number of nitrogens with two attached hydrogens (primary N) is 6. The van der Waals surface area contributed by atoms with Gasteiger partial charge in [0.1, 0.15) is 54.6 Å². The Bertz CT molecular complexity index is 5150. The third kappa shape index (κ3) is 33.7. The molecule has 25 N–H and O–H groups in total. The summed E-state index contributed by atoms with van der Waals surface area (Å²) in [6.45, 7) is 15.4. The second-order valence-electron chi connectivity index (χ2n) is 35.4. The molecule has 722 valence electrons. The van der Waals surface area contributed by atoms with Gasteiger partial charge in [-0.2, -0.15) is 0 Å². The molecular weight excluding hydrogens is 1750 g/mol. The molecule has 0 saturated carbocycles. The average Bonchev–Trinajstić information content (AvgIpc) is 1.79. The highest BCUT2D eigenvalue weighted by Gasteiger charge is 2.47. The van der Waals surface area contributed by atoms with E-state index in [-0.39, 0.29) is 103 Å². The van der Waals surface area contributed by atoms with E-state index in [9.17, 15) is 53.1 Å². The number of hydrogen-bond donors (Lipinski definition) is 19. The van der Waals surface area contributed by atoms with Gasteiger partial charge in [-0.1, -0.05) is 138 Å². The summed E-state index contributed by atoms with van der Waals surface area (Å²) in [6, 6.07) is 16.0. The number of aryl methyl sites for hydroxylation is 2. The molecule has 13 atom stereocenters. The van der Waals surface area contributed by atoms with Gasteiger partial charge in [0, 0.05) is 105 Å². The number of nitrogens with one attached hydrogen (secondary N) is 12. The molecule has 39 heteroatoms. The molecule has 0 unspecified atom stereocenters. The molecular formula is C94H130N18O19S2. The number of urea groups is 1. The molecule has 2 heterocycles. The van der Waals surface area contributed by atoms with Gasteiger partial charge in [-0.25, -0.2) is 4.79 Å². The van der Waals surface area contributed by atoms with Crippen molar-refractivity contribution in [2.75, 3.05) is 32.8 Å². The van der Waals surface area contributed by atoms with Crippen LogP contribution in [0.3, 0.4) is 0 Å². The van der Waals surface area contributed by atoms with Gasteiger partial charge in [0.2, 0.25) is 76.8 Å². The molecule has 0 bridgehead atoms. The number of benzene rings is 5. The van der Waals surface area contributed by atoms with E-state index in [1.807, 2.05) is 56.3 Å². The van der Waals surface area contributed by atoms with Crippen LogP contribution in [-0.2, 0) is 102 Å². The van der Waals surface area contributed by atoms with Gasteiger partial charge < -0.3 is 108 Å². The van der Waals surface area contributed by atoms with Gasteiger partial charge in [0.15, 0.2) is 17.3 Å². The predicted molar refractivity (Wildman–Crippen MR) is 505 cm³/mol. The summed E-state index contributed by atoms with van der Waals surface area (Å²) >= 11 is 0. The number of carbonyl (C=O) groups excluding carboxylic acids is 17. The molecule has 0 radical (unpaired) electrons. The van der Waals surface area contributed by atoms with Crippen molar-refractivity contribution in [2.24, 2.45) is 51.7 Å². The number of aliphatic hydroxyl groups is 1. The normalized spacial score (nSPS) is 19.1. The van der Waals surface area contributed by atoms with Crippen LogP contribution in [-0.4, -0.2) is 213 Å². The Hall–Kier alpha value is -12.3. The van der Waals surface area contributed by atoms with E-state index in [0.717, 1.165) is 57.3 Å². The molecule has 133 heavy (non-hydrogen) atoms. The monoisotopic (exact) mass is 1880 g/mol. The van der Waals surface area contributed by atoms with Crippen molar-refractivity contribution in [1.82, 2.24) is 63.5 Å². The summed E-state index contributed by atoms with van der Waals surface area (Å²) in [5.41, 5.74) is 37.3. The minimum absolute atomic E-state index is 0.0408. The highest BCUT2D eigenvalue weighted by atomic mass is 33.1. The fourth-order valence-electron chi connectivity index (χ4n) is 15.7. The van der Waals surface area contributed by atoms with Crippen molar-refractivity contribution in [3.63, 3.8) is 0 Å². The lowest BCUT2D eigenvalue weighted by Gasteiger charge is -2.39. The van der Waals surface area contributed by atoms with Crippen LogP contribution in [0.15, 0.2) is 115 Å².